The number of nitrogens with one attached hydrogen (secondary N) is 3. The standard InChI is InChI=1S/C46H50N8O5/c1-3-24-52-30-42(56)53-40(25-31-16-22-37(55)23-17-31)44(57)51(29-41(53)54(52)46(59)47-26-32-10-5-4-6-11-32)27-34-12-9-15-38-39(28-50(2)43(34)38)33-18-20-36(21-19-33)49-45(58)48-35-13-7-8-14-35/h3-6,9-12,15-23,28,35,40-41,55H,1,7-8,13-14,24-27,29-30H2,2H3,(H,47,59)(H2,48,49,58)/t40-,41-/m0/s1. The van der Waals surface area contributed by atoms with Gasteiger partial charge in [-0.2, -0.15) is 0 Å². The third kappa shape index (κ3) is 8.37. The molecule has 1 aliphatic carbocycles. The van der Waals surface area contributed by atoms with Crippen LogP contribution in [0.3, 0.4) is 0 Å². The van der Waals surface area contributed by atoms with Crippen LogP contribution in [0.2, 0.25) is 0 Å². The highest BCUT2D eigenvalue weighted by molar-refractivity contribution is 5.99. The maximum atomic E-state index is 14.7. The molecule has 2 atom stereocenters. The molecule has 3 aliphatic rings. The second-order valence-electron chi connectivity index (χ2n) is 15.6. The fraction of sp³-hybridized carbons (Fsp3) is 0.304. The molecule has 4 N–H and O–H groups in total. The third-order valence-corrected chi connectivity index (χ3v) is 11.6. The van der Waals surface area contributed by atoms with Crippen LogP contribution in [0.25, 0.3) is 22.0 Å². The summed E-state index contributed by atoms with van der Waals surface area (Å²) in [4.78, 5) is 59.0. The highest BCUT2D eigenvalue weighted by Gasteiger charge is 2.51. The number of phenolic OH excluding ortho intramolecular Hbond substituents is 1. The number of anilines is 1. The summed E-state index contributed by atoms with van der Waals surface area (Å²) < 4.78 is 2.06. The van der Waals surface area contributed by atoms with E-state index in [0.717, 1.165) is 64.4 Å². The number of carbonyl (C=O) groups is 4. The summed E-state index contributed by atoms with van der Waals surface area (Å²) in [5, 5.41) is 23.3. The zero-order chi connectivity index (χ0) is 41.0. The van der Waals surface area contributed by atoms with Crippen LogP contribution in [0, 0.1) is 0 Å². The minimum atomic E-state index is -0.906. The molecule has 4 aromatic carbocycles. The Morgan fingerprint density at radius 1 is 0.898 bits per heavy atom. The summed E-state index contributed by atoms with van der Waals surface area (Å²) in [6.07, 6.45) is 7.44. The Morgan fingerprint density at radius 2 is 1.64 bits per heavy atom. The number of urea groups is 2. The van der Waals surface area contributed by atoms with Crippen molar-refractivity contribution in [1.29, 1.82) is 0 Å². The Kier molecular flexibility index (Phi) is 11.4. The van der Waals surface area contributed by atoms with Crippen molar-refractivity contribution in [3.8, 4) is 16.9 Å². The Morgan fingerprint density at radius 3 is 2.37 bits per heavy atom. The molecular formula is C46H50N8O5. The lowest BCUT2D eigenvalue weighted by Crippen LogP contribution is -2.76. The van der Waals surface area contributed by atoms with E-state index in [9.17, 15) is 24.3 Å². The van der Waals surface area contributed by atoms with Gasteiger partial charge in [0.05, 0.1) is 18.6 Å². The fourth-order valence-electron chi connectivity index (χ4n) is 8.83. The predicted molar refractivity (Wildman–Crippen MR) is 227 cm³/mol. The van der Waals surface area contributed by atoms with Gasteiger partial charge in [-0.05, 0) is 59.4 Å². The Bertz CT molecular complexity index is 2340. The number of para-hydroxylation sites is 1. The molecule has 8 rings (SSSR count). The summed E-state index contributed by atoms with van der Waals surface area (Å²) >= 11 is 0. The topological polar surface area (TPSA) is 142 Å². The number of hydrogen-bond acceptors (Lipinski definition) is 6. The lowest BCUT2D eigenvalue weighted by molar-refractivity contribution is -0.189. The maximum Gasteiger partial charge on any atom is 0.334 e. The quantitative estimate of drug-likeness (QED) is 0.115. The van der Waals surface area contributed by atoms with Gasteiger partial charge in [0.1, 0.15) is 18.0 Å². The number of phenols is 1. The number of rotatable bonds is 11. The summed E-state index contributed by atoms with van der Waals surface area (Å²) in [7, 11) is 1.98. The van der Waals surface area contributed by atoms with Gasteiger partial charge < -0.3 is 35.4 Å². The van der Waals surface area contributed by atoms with Crippen LogP contribution >= 0.6 is 0 Å². The number of aromatic hydroxyl groups is 1. The van der Waals surface area contributed by atoms with Crippen molar-refractivity contribution in [1.82, 2.24) is 35.0 Å². The highest BCUT2D eigenvalue weighted by atomic mass is 16.3. The number of benzene rings is 4. The zero-order valence-corrected chi connectivity index (χ0v) is 33.2. The minimum Gasteiger partial charge on any atom is -0.508 e. The fourth-order valence-corrected chi connectivity index (χ4v) is 8.83. The molecule has 13 nitrogen and oxygen atoms in total. The van der Waals surface area contributed by atoms with E-state index < -0.39 is 12.2 Å². The largest absolute Gasteiger partial charge is 0.508 e. The number of carbonyl (C=O) groups excluding carboxylic acids is 4. The summed E-state index contributed by atoms with van der Waals surface area (Å²) in [6.45, 7) is 4.64. The van der Waals surface area contributed by atoms with Crippen LogP contribution in [0.4, 0.5) is 15.3 Å². The van der Waals surface area contributed by atoms with Gasteiger partial charge in [0.15, 0.2) is 0 Å². The SMILES string of the molecule is C=CCN1CC(=O)N2[C@@H](Cc3ccc(O)cc3)C(=O)N(Cc3cccc4c(-c5ccc(NC(=O)NC6CCCC6)cc5)cn(C)c34)C[C@@H]2N1C(=O)NCc1ccccc1. The molecular weight excluding hydrogens is 745 g/mol. The van der Waals surface area contributed by atoms with E-state index in [1.807, 2.05) is 73.8 Å². The van der Waals surface area contributed by atoms with Crippen molar-refractivity contribution in [3.63, 3.8) is 0 Å². The molecule has 6 amide bonds. The van der Waals surface area contributed by atoms with Crippen molar-refractivity contribution >= 4 is 40.5 Å². The summed E-state index contributed by atoms with van der Waals surface area (Å²) in [6, 6.07) is 28.8. The first kappa shape index (κ1) is 39.2. The molecule has 2 saturated heterocycles. The van der Waals surface area contributed by atoms with E-state index in [1.165, 1.54) is 0 Å². The average molecular weight is 795 g/mol. The second-order valence-corrected chi connectivity index (χ2v) is 15.6. The van der Waals surface area contributed by atoms with Crippen LogP contribution < -0.4 is 16.0 Å². The molecule has 1 aromatic heterocycles. The molecule has 0 radical (unpaired) electrons. The minimum absolute atomic E-state index is 0.0828. The number of aromatic nitrogens is 1. The van der Waals surface area contributed by atoms with Gasteiger partial charge in [-0.3, -0.25) is 9.59 Å². The lowest BCUT2D eigenvalue weighted by atomic mass is 9.97. The summed E-state index contributed by atoms with van der Waals surface area (Å²) in [5.74, 6) is -0.384. The molecule has 1 saturated carbocycles. The van der Waals surface area contributed by atoms with Crippen LogP contribution in [0.15, 0.2) is 116 Å². The molecule has 2 aliphatic heterocycles. The molecule has 13 heteroatoms. The first-order chi connectivity index (χ1) is 28.7. The van der Waals surface area contributed by atoms with E-state index >= 15 is 0 Å². The molecule has 3 fully saturated rings. The first-order valence-corrected chi connectivity index (χ1v) is 20.3. The van der Waals surface area contributed by atoms with Crippen molar-refractivity contribution in [2.45, 2.75) is 63.4 Å². The van der Waals surface area contributed by atoms with E-state index in [1.54, 1.807) is 50.2 Å². The number of aryl methyl sites for hydroxylation is 1. The monoisotopic (exact) mass is 794 g/mol. The highest BCUT2D eigenvalue weighted by Crippen LogP contribution is 2.35. The van der Waals surface area contributed by atoms with Crippen LogP contribution in [-0.4, -0.2) is 91.3 Å². The average Bonchev–Trinajstić information content (AvgIpc) is 3.87. The molecule has 304 valence electrons. The van der Waals surface area contributed by atoms with Gasteiger partial charge >= 0.3 is 12.1 Å². The van der Waals surface area contributed by atoms with Gasteiger partial charge in [-0.1, -0.05) is 91.7 Å². The van der Waals surface area contributed by atoms with Gasteiger partial charge in [0, 0.05) is 62.0 Å². The van der Waals surface area contributed by atoms with E-state index in [0.29, 0.717) is 5.69 Å². The second kappa shape index (κ2) is 17.1. The van der Waals surface area contributed by atoms with Crippen molar-refractivity contribution in [2.75, 3.05) is 25.0 Å². The molecule has 59 heavy (non-hydrogen) atoms. The maximum absolute atomic E-state index is 14.7. The number of amides is 6. The zero-order valence-electron chi connectivity index (χ0n) is 33.2. The van der Waals surface area contributed by atoms with Gasteiger partial charge in [-0.15, -0.1) is 6.58 Å². The van der Waals surface area contributed by atoms with Crippen LogP contribution in [0.1, 0.15) is 42.4 Å². The lowest BCUT2D eigenvalue weighted by Gasteiger charge is -2.55. The molecule has 0 spiro atoms. The van der Waals surface area contributed by atoms with Crippen molar-refractivity contribution < 1.29 is 24.3 Å². The smallest absolute Gasteiger partial charge is 0.334 e. The van der Waals surface area contributed by atoms with Gasteiger partial charge in [0.25, 0.3) is 0 Å². The number of piperazine rings is 1. The van der Waals surface area contributed by atoms with E-state index in [4.69, 9.17) is 0 Å². The number of hydrogen-bond donors (Lipinski definition) is 4. The van der Waals surface area contributed by atoms with Gasteiger partial charge in [-0.25, -0.2) is 19.6 Å². The van der Waals surface area contributed by atoms with Gasteiger partial charge in [0.2, 0.25) is 11.8 Å². The Labute approximate surface area is 343 Å². The van der Waals surface area contributed by atoms with Crippen LogP contribution in [0.5, 0.6) is 5.75 Å². The number of nitrogens with zero attached hydrogens (tertiary/aromatic N) is 5. The van der Waals surface area contributed by atoms with E-state index in [-0.39, 0.29) is 74.8 Å². The number of hydrazine groups is 1. The normalized spacial score (nSPS) is 18.6. The Balaban J connectivity index is 1.09. The van der Waals surface area contributed by atoms with Crippen molar-refractivity contribution in [3.05, 3.63) is 133 Å². The molecule has 0 unspecified atom stereocenters. The van der Waals surface area contributed by atoms with Crippen molar-refractivity contribution in [2.24, 2.45) is 7.05 Å². The predicted octanol–water partition coefficient (Wildman–Crippen LogP) is 6.35. The summed E-state index contributed by atoms with van der Waals surface area (Å²) in [5.41, 5.74) is 6.26. The van der Waals surface area contributed by atoms with Crippen LogP contribution in [-0.2, 0) is 36.1 Å². The molecule has 0 bridgehead atoms. The first-order valence-electron chi connectivity index (χ1n) is 20.3. The molecule has 5 aromatic rings. The number of fused-ring (bicyclic) bond motifs is 2. The Hall–Kier alpha value is -6.60. The molecule has 3 heterocycles. The third-order valence-electron chi connectivity index (χ3n) is 11.6. The van der Waals surface area contributed by atoms with E-state index in [2.05, 4.69) is 39.4 Å².